The lowest BCUT2D eigenvalue weighted by Crippen LogP contribution is -2.18. The molecule has 1 amide bonds. The second kappa shape index (κ2) is 3.14. The van der Waals surface area contributed by atoms with Crippen molar-refractivity contribution in [2.75, 3.05) is 7.05 Å². The minimum absolute atomic E-state index is 0.0979. The van der Waals surface area contributed by atoms with E-state index in [4.69, 9.17) is 0 Å². The van der Waals surface area contributed by atoms with Gasteiger partial charge in [0.15, 0.2) is 0 Å². The molecule has 0 fully saturated rings. The molecule has 0 saturated heterocycles. The molecule has 2 N–H and O–H groups in total. The highest BCUT2D eigenvalue weighted by molar-refractivity contribution is 6.05. The van der Waals surface area contributed by atoms with Crippen molar-refractivity contribution in [3.8, 4) is 0 Å². The molecule has 0 aliphatic carbocycles. The molecule has 0 saturated carbocycles. The molecule has 4 nitrogen and oxygen atoms in total. The van der Waals surface area contributed by atoms with Gasteiger partial charge in [-0.05, 0) is 18.6 Å². The first-order valence-corrected chi connectivity index (χ1v) is 4.39. The van der Waals surface area contributed by atoms with Crippen molar-refractivity contribution in [3.63, 3.8) is 0 Å². The van der Waals surface area contributed by atoms with E-state index in [1.54, 1.807) is 19.3 Å². The molecule has 0 spiro atoms. The molecule has 1 aromatic heterocycles. The van der Waals surface area contributed by atoms with E-state index < -0.39 is 0 Å². The quantitative estimate of drug-likeness (QED) is 0.708. The van der Waals surface area contributed by atoms with Gasteiger partial charge in [0.1, 0.15) is 0 Å². The number of carbonyl (C=O) groups is 1. The van der Waals surface area contributed by atoms with Gasteiger partial charge >= 0.3 is 0 Å². The fraction of sp³-hybridized carbons (Fsp3) is 0.200. The zero-order chi connectivity index (χ0) is 10.1. The highest BCUT2D eigenvalue weighted by Crippen LogP contribution is 2.19. The van der Waals surface area contributed by atoms with E-state index in [9.17, 15) is 4.79 Å². The number of rotatable bonds is 1. The Labute approximate surface area is 81.3 Å². The molecular weight excluding hydrogens is 178 g/mol. The van der Waals surface area contributed by atoms with Gasteiger partial charge < -0.3 is 5.32 Å². The SMILES string of the molecule is CNC(=O)c1ccc(C)c2cn[nH]c12. The van der Waals surface area contributed by atoms with E-state index in [1.165, 1.54) is 0 Å². The van der Waals surface area contributed by atoms with Crippen molar-refractivity contribution in [3.05, 3.63) is 29.5 Å². The third kappa shape index (κ3) is 1.16. The monoisotopic (exact) mass is 189 g/mol. The molecule has 4 heteroatoms. The van der Waals surface area contributed by atoms with Crippen molar-refractivity contribution < 1.29 is 4.79 Å². The number of aryl methyl sites for hydroxylation is 1. The van der Waals surface area contributed by atoms with Crippen LogP contribution >= 0.6 is 0 Å². The molecule has 0 radical (unpaired) electrons. The number of hydrogen-bond donors (Lipinski definition) is 2. The third-order valence-electron chi connectivity index (χ3n) is 2.31. The van der Waals surface area contributed by atoms with Gasteiger partial charge in [0, 0.05) is 12.4 Å². The Bertz CT molecular complexity index is 487. The van der Waals surface area contributed by atoms with Gasteiger partial charge in [-0.15, -0.1) is 0 Å². The van der Waals surface area contributed by atoms with Gasteiger partial charge in [0.05, 0.1) is 17.3 Å². The maximum atomic E-state index is 11.5. The lowest BCUT2D eigenvalue weighted by atomic mass is 10.1. The molecule has 0 aliphatic rings. The lowest BCUT2D eigenvalue weighted by molar-refractivity contribution is 0.0964. The Morgan fingerprint density at radius 3 is 3.00 bits per heavy atom. The molecule has 1 heterocycles. The van der Waals surface area contributed by atoms with Crippen LogP contribution in [0.2, 0.25) is 0 Å². The Kier molecular flexibility index (Phi) is 1.96. The predicted octanol–water partition coefficient (Wildman–Crippen LogP) is 1.23. The van der Waals surface area contributed by atoms with Crippen molar-refractivity contribution >= 4 is 16.8 Å². The number of benzene rings is 1. The van der Waals surface area contributed by atoms with Crippen molar-refractivity contribution in [1.29, 1.82) is 0 Å². The second-order valence-corrected chi connectivity index (χ2v) is 3.17. The maximum absolute atomic E-state index is 11.5. The maximum Gasteiger partial charge on any atom is 0.253 e. The van der Waals surface area contributed by atoms with Crippen LogP contribution in [0.1, 0.15) is 15.9 Å². The number of carbonyl (C=O) groups excluding carboxylic acids is 1. The smallest absolute Gasteiger partial charge is 0.253 e. The van der Waals surface area contributed by atoms with Gasteiger partial charge in [0.25, 0.3) is 5.91 Å². The summed E-state index contributed by atoms with van der Waals surface area (Å²) >= 11 is 0. The Hall–Kier alpha value is -1.84. The molecule has 14 heavy (non-hydrogen) atoms. The average molecular weight is 189 g/mol. The summed E-state index contributed by atoms with van der Waals surface area (Å²) in [6, 6.07) is 3.72. The second-order valence-electron chi connectivity index (χ2n) is 3.17. The fourth-order valence-corrected chi connectivity index (χ4v) is 1.50. The molecule has 1 aromatic carbocycles. The fourth-order valence-electron chi connectivity index (χ4n) is 1.50. The Morgan fingerprint density at radius 1 is 1.50 bits per heavy atom. The Balaban J connectivity index is 2.72. The molecule has 0 aliphatic heterocycles. The summed E-state index contributed by atoms with van der Waals surface area (Å²) in [5.41, 5.74) is 2.54. The van der Waals surface area contributed by atoms with E-state index in [-0.39, 0.29) is 5.91 Å². The molecule has 72 valence electrons. The number of H-pyrrole nitrogens is 1. The molecular formula is C10H11N3O. The van der Waals surface area contributed by atoms with E-state index in [1.807, 2.05) is 13.0 Å². The highest BCUT2D eigenvalue weighted by Gasteiger charge is 2.10. The number of amides is 1. The Morgan fingerprint density at radius 2 is 2.29 bits per heavy atom. The average Bonchev–Trinajstić information content (AvgIpc) is 2.67. The van der Waals surface area contributed by atoms with Crippen LogP contribution < -0.4 is 5.32 Å². The van der Waals surface area contributed by atoms with Gasteiger partial charge in [-0.3, -0.25) is 9.89 Å². The summed E-state index contributed by atoms with van der Waals surface area (Å²) in [7, 11) is 1.62. The van der Waals surface area contributed by atoms with Crippen LogP contribution in [0.4, 0.5) is 0 Å². The summed E-state index contributed by atoms with van der Waals surface area (Å²) in [4.78, 5) is 11.5. The first-order chi connectivity index (χ1) is 6.74. The van der Waals surface area contributed by atoms with Crippen molar-refractivity contribution in [2.24, 2.45) is 0 Å². The van der Waals surface area contributed by atoms with Gasteiger partial charge in [-0.25, -0.2) is 0 Å². The van der Waals surface area contributed by atoms with E-state index in [2.05, 4.69) is 15.5 Å². The van der Waals surface area contributed by atoms with E-state index in [0.29, 0.717) is 5.56 Å². The van der Waals surface area contributed by atoms with Crippen LogP contribution in [0.15, 0.2) is 18.3 Å². The first-order valence-electron chi connectivity index (χ1n) is 4.39. The summed E-state index contributed by atoms with van der Waals surface area (Å²) in [5.74, 6) is -0.0979. The molecule has 0 bridgehead atoms. The van der Waals surface area contributed by atoms with Crippen molar-refractivity contribution in [1.82, 2.24) is 15.5 Å². The number of nitrogens with one attached hydrogen (secondary N) is 2. The third-order valence-corrected chi connectivity index (χ3v) is 2.31. The number of fused-ring (bicyclic) bond motifs is 1. The van der Waals surface area contributed by atoms with Crippen molar-refractivity contribution in [2.45, 2.75) is 6.92 Å². The van der Waals surface area contributed by atoms with Gasteiger partial charge in [0.2, 0.25) is 0 Å². The zero-order valence-electron chi connectivity index (χ0n) is 8.09. The predicted molar refractivity (Wildman–Crippen MR) is 54.2 cm³/mol. The van der Waals surface area contributed by atoms with Crippen LogP contribution in [-0.2, 0) is 0 Å². The highest BCUT2D eigenvalue weighted by atomic mass is 16.1. The van der Waals surface area contributed by atoms with Gasteiger partial charge in [-0.1, -0.05) is 6.07 Å². The van der Waals surface area contributed by atoms with Crippen LogP contribution in [-0.4, -0.2) is 23.2 Å². The van der Waals surface area contributed by atoms with E-state index >= 15 is 0 Å². The van der Waals surface area contributed by atoms with Crippen LogP contribution in [0.5, 0.6) is 0 Å². The topological polar surface area (TPSA) is 57.8 Å². The summed E-state index contributed by atoms with van der Waals surface area (Å²) in [6.07, 6.45) is 1.73. The first kappa shape index (κ1) is 8.74. The van der Waals surface area contributed by atoms with Crippen LogP contribution in [0.25, 0.3) is 10.9 Å². The summed E-state index contributed by atoms with van der Waals surface area (Å²) < 4.78 is 0. The number of hydrogen-bond acceptors (Lipinski definition) is 2. The standard InChI is InChI=1S/C10H11N3O/c1-6-3-4-7(10(14)11-2)9-8(6)5-12-13-9/h3-5H,1-2H3,(H,11,14)(H,12,13). The number of aromatic nitrogens is 2. The largest absolute Gasteiger partial charge is 0.355 e. The molecule has 0 atom stereocenters. The normalized spacial score (nSPS) is 10.4. The zero-order valence-corrected chi connectivity index (χ0v) is 8.09. The van der Waals surface area contributed by atoms with Gasteiger partial charge in [-0.2, -0.15) is 5.10 Å². The molecule has 2 rings (SSSR count). The van der Waals surface area contributed by atoms with E-state index in [0.717, 1.165) is 16.5 Å². The number of aromatic amines is 1. The minimum Gasteiger partial charge on any atom is -0.355 e. The molecule has 0 unspecified atom stereocenters. The van der Waals surface area contributed by atoms with Crippen LogP contribution in [0.3, 0.4) is 0 Å². The lowest BCUT2D eigenvalue weighted by Gasteiger charge is -2.02. The summed E-state index contributed by atoms with van der Waals surface area (Å²) in [6.45, 7) is 1.99. The summed E-state index contributed by atoms with van der Waals surface area (Å²) in [5, 5.41) is 10.4. The minimum atomic E-state index is -0.0979. The van der Waals surface area contributed by atoms with Crippen LogP contribution in [0, 0.1) is 6.92 Å². The number of nitrogens with zero attached hydrogens (tertiary/aromatic N) is 1. The molecule has 2 aromatic rings.